The second kappa shape index (κ2) is 10.3. The van der Waals surface area contributed by atoms with Gasteiger partial charge in [-0.25, -0.2) is 0 Å². The average Bonchev–Trinajstić information content (AvgIpc) is 2.42. The summed E-state index contributed by atoms with van der Waals surface area (Å²) in [6, 6.07) is 8.43. The number of hydrogen-bond acceptors (Lipinski definition) is 1. The fourth-order valence-electron chi connectivity index (χ4n) is 2.34. The minimum atomic E-state index is 0.341. The fraction of sp³-hybridized carbons (Fsp3) is 0.647. The standard InChI is InChI=1S/C17H28ClN/c1-3-4-5-6-7-8-11-14-19-15(2)16-12-9-10-13-17(16)18/h9-10,12-13,15,19H,3-8,11,14H2,1-2H3. The Hall–Kier alpha value is -0.530. The van der Waals surface area contributed by atoms with Crippen molar-refractivity contribution in [1.29, 1.82) is 0 Å². The maximum absolute atomic E-state index is 6.19. The highest BCUT2D eigenvalue weighted by atomic mass is 35.5. The van der Waals surface area contributed by atoms with Crippen LogP contribution in [0.1, 0.15) is 70.4 Å². The summed E-state index contributed by atoms with van der Waals surface area (Å²) in [5, 5.41) is 4.42. The van der Waals surface area contributed by atoms with E-state index in [1.807, 2.05) is 18.2 Å². The van der Waals surface area contributed by atoms with E-state index in [4.69, 9.17) is 11.6 Å². The first-order valence-corrected chi connectivity index (χ1v) is 8.11. The maximum atomic E-state index is 6.19. The predicted octanol–water partition coefficient (Wildman–Crippen LogP) is 5.74. The Bertz CT molecular complexity index is 338. The van der Waals surface area contributed by atoms with E-state index in [2.05, 4.69) is 25.2 Å². The third kappa shape index (κ3) is 6.98. The second-order valence-corrected chi connectivity index (χ2v) is 5.73. The molecule has 0 aliphatic rings. The first-order valence-electron chi connectivity index (χ1n) is 7.73. The van der Waals surface area contributed by atoms with Crippen molar-refractivity contribution in [2.75, 3.05) is 6.54 Å². The van der Waals surface area contributed by atoms with E-state index in [1.54, 1.807) is 0 Å². The average molecular weight is 282 g/mol. The molecule has 0 radical (unpaired) electrons. The highest BCUT2D eigenvalue weighted by Gasteiger charge is 2.07. The first kappa shape index (κ1) is 16.5. The van der Waals surface area contributed by atoms with Crippen molar-refractivity contribution >= 4 is 11.6 Å². The lowest BCUT2D eigenvalue weighted by molar-refractivity contribution is 0.524. The van der Waals surface area contributed by atoms with Gasteiger partial charge in [-0.15, -0.1) is 0 Å². The first-order chi connectivity index (χ1) is 9.25. The highest BCUT2D eigenvalue weighted by Crippen LogP contribution is 2.22. The number of benzene rings is 1. The van der Waals surface area contributed by atoms with Crippen LogP contribution in [0.25, 0.3) is 0 Å². The van der Waals surface area contributed by atoms with Crippen molar-refractivity contribution < 1.29 is 0 Å². The summed E-state index contributed by atoms with van der Waals surface area (Å²) < 4.78 is 0. The normalized spacial score (nSPS) is 12.6. The molecule has 1 unspecified atom stereocenters. The minimum Gasteiger partial charge on any atom is -0.310 e. The van der Waals surface area contributed by atoms with Gasteiger partial charge in [0.15, 0.2) is 0 Å². The quantitative estimate of drug-likeness (QED) is 0.539. The summed E-state index contributed by atoms with van der Waals surface area (Å²) in [5.41, 5.74) is 1.20. The predicted molar refractivity (Wildman–Crippen MR) is 85.9 cm³/mol. The van der Waals surface area contributed by atoms with Gasteiger partial charge in [-0.3, -0.25) is 0 Å². The van der Waals surface area contributed by atoms with Crippen LogP contribution in [0.2, 0.25) is 5.02 Å². The van der Waals surface area contributed by atoms with Gasteiger partial charge in [0.2, 0.25) is 0 Å². The molecule has 1 atom stereocenters. The molecule has 1 rings (SSSR count). The molecule has 0 saturated carbocycles. The third-order valence-electron chi connectivity index (χ3n) is 3.60. The molecule has 0 heterocycles. The SMILES string of the molecule is CCCCCCCCCNC(C)c1ccccc1Cl. The van der Waals surface area contributed by atoms with Crippen LogP contribution in [-0.4, -0.2) is 6.54 Å². The third-order valence-corrected chi connectivity index (χ3v) is 3.95. The lowest BCUT2D eigenvalue weighted by atomic mass is 10.1. The van der Waals surface area contributed by atoms with Gasteiger partial charge in [-0.1, -0.05) is 75.2 Å². The molecule has 1 aromatic carbocycles. The molecule has 0 amide bonds. The van der Waals surface area contributed by atoms with Crippen LogP contribution >= 0.6 is 11.6 Å². The van der Waals surface area contributed by atoms with Gasteiger partial charge < -0.3 is 5.32 Å². The zero-order chi connectivity index (χ0) is 13.9. The second-order valence-electron chi connectivity index (χ2n) is 5.32. The number of hydrogen-bond donors (Lipinski definition) is 1. The molecule has 1 N–H and O–H groups in total. The van der Waals surface area contributed by atoms with Crippen molar-refractivity contribution in [3.8, 4) is 0 Å². The van der Waals surface area contributed by atoms with Gasteiger partial charge in [0.1, 0.15) is 0 Å². The van der Waals surface area contributed by atoms with E-state index in [1.165, 1.54) is 50.5 Å². The fourth-order valence-corrected chi connectivity index (χ4v) is 2.64. The molecule has 0 aromatic heterocycles. The summed E-state index contributed by atoms with van der Waals surface area (Å²) in [4.78, 5) is 0. The molecule has 108 valence electrons. The van der Waals surface area contributed by atoms with Gasteiger partial charge >= 0.3 is 0 Å². The number of halogens is 1. The molecule has 2 heteroatoms. The largest absolute Gasteiger partial charge is 0.310 e. The van der Waals surface area contributed by atoms with Crippen LogP contribution in [0.15, 0.2) is 24.3 Å². The van der Waals surface area contributed by atoms with Gasteiger partial charge in [0.05, 0.1) is 0 Å². The lowest BCUT2D eigenvalue weighted by Gasteiger charge is -2.15. The molecule has 1 aromatic rings. The molecule has 0 saturated heterocycles. The van der Waals surface area contributed by atoms with Crippen LogP contribution in [-0.2, 0) is 0 Å². The Morgan fingerprint density at radius 3 is 2.32 bits per heavy atom. The van der Waals surface area contributed by atoms with Crippen LogP contribution in [0.4, 0.5) is 0 Å². The van der Waals surface area contributed by atoms with E-state index in [0.717, 1.165) is 11.6 Å². The van der Waals surface area contributed by atoms with Crippen molar-refractivity contribution in [2.45, 2.75) is 64.8 Å². The Balaban J connectivity index is 2.08. The minimum absolute atomic E-state index is 0.341. The van der Waals surface area contributed by atoms with E-state index >= 15 is 0 Å². The summed E-state index contributed by atoms with van der Waals surface area (Å²) in [7, 11) is 0. The molecule has 19 heavy (non-hydrogen) atoms. The summed E-state index contributed by atoms with van der Waals surface area (Å²) in [5.74, 6) is 0. The van der Waals surface area contributed by atoms with Crippen molar-refractivity contribution in [3.05, 3.63) is 34.9 Å². The van der Waals surface area contributed by atoms with Crippen LogP contribution in [0, 0.1) is 0 Å². The molecule has 0 aliphatic carbocycles. The summed E-state index contributed by atoms with van der Waals surface area (Å²) in [6.07, 6.45) is 9.50. The Morgan fingerprint density at radius 2 is 1.63 bits per heavy atom. The molecule has 0 aliphatic heterocycles. The zero-order valence-corrected chi connectivity index (χ0v) is 13.2. The van der Waals surface area contributed by atoms with E-state index < -0.39 is 0 Å². The topological polar surface area (TPSA) is 12.0 Å². The van der Waals surface area contributed by atoms with E-state index in [-0.39, 0.29) is 0 Å². The van der Waals surface area contributed by atoms with Gasteiger partial charge in [-0.2, -0.15) is 0 Å². The summed E-state index contributed by atoms with van der Waals surface area (Å²) >= 11 is 6.19. The smallest absolute Gasteiger partial charge is 0.0453 e. The van der Waals surface area contributed by atoms with E-state index in [9.17, 15) is 0 Å². The Morgan fingerprint density at radius 1 is 1.00 bits per heavy atom. The van der Waals surface area contributed by atoms with Crippen LogP contribution in [0.3, 0.4) is 0 Å². The maximum Gasteiger partial charge on any atom is 0.0453 e. The Labute approximate surface area is 123 Å². The monoisotopic (exact) mass is 281 g/mol. The molecule has 0 spiro atoms. The van der Waals surface area contributed by atoms with Crippen LogP contribution in [0.5, 0.6) is 0 Å². The lowest BCUT2D eigenvalue weighted by Crippen LogP contribution is -2.20. The van der Waals surface area contributed by atoms with Crippen molar-refractivity contribution in [1.82, 2.24) is 5.32 Å². The highest BCUT2D eigenvalue weighted by molar-refractivity contribution is 6.31. The van der Waals surface area contributed by atoms with Crippen molar-refractivity contribution in [2.24, 2.45) is 0 Å². The van der Waals surface area contributed by atoms with Crippen molar-refractivity contribution in [3.63, 3.8) is 0 Å². The molecule has 0 fully saturated rings. The molecular formula is C17H28ClN. The number of rotatable bonds is 10. The van der Waals surface area contributed by atoms with Crippen LogP contribution < -0.4 is 5.32 Å². The van der Waals surface area contributed by atoms with Gasteiger partial charge in [0.25, 0.3) is 0 Å². The number of nitrogens with one attached hydrogen (secondary N) is 1. The van der Waals surface area contributed by atoms with E-state index in [0.29, 0.717) is 6.04 Å². The Kier molecular flexibility index (Phi) is 8.94. The summed E-state index contributed by atoms with van der Waals surface area (Å²) in [6.45, 7) is 5.53. The number of unbranched alkanes of at least 4 members (excludes halogenated alkanes) is 6. The zero-order valence-electron chi connectivity index (χ0n) is 12.4. The van der Waals surface area contributed by atoms with Gasteiger partial charge in [-0.05, 0) is 31.5 Å². The molecule has 0 bridgehead atoms. The molecular weight excluding hydrogens is 254 g/mol. The molecule has 1 nitrogen and oxygen atoms in total. The van der Waals surface area contributed by atoms with Gasteiger partial charge in [0, 0.05) is 11.1 Å².